The summed E-state index contributed by atoms with van der Waals surface area (Å²) < 4.78 is 0. The minimum absolute atomic E-state index is 0. The molecule has 0 aromatic carbocycles. The quantitative estimate of drug-likeness (QED) is 0.227. The van der Waals surface area contributed by atoms with Crippen LogP contribution in [0, 0.1) is 30.6 Å². The van der Waals surface area contributed by atoms with Crippen LogP contribution in [0.15, 0.2) is 48.8 Å². The molecule has 0 amide bonds. The van der Waals surface area contributed by atoms with Gasteiger partial charge in [-0.3, -0.25) is 9.97 Å². The zero-order chi connectivity index (χ0) is 22.2. The Kier molecular flexibility index (Phi) is 19.0. The molecule has 1 aliphatic rings. The molecule has 0 radical (unpaired) electrons. The van der Waals surface area contributed by atoms with Gasteiger partial charge in [-0.05, 0) is 37.1 Å². The topological polar surface area (TPSA) is 215 Å². The average Bonchev–Trinajstić information content (AvgIpc) is 2.72. The fourth-order valence-corrected chi connectivity index (χ4v) is 3.10. The predicted octanol–water partition coefficient (Wildman–Crippen LogP) is 1.26. The van der Waals surface area contributed by atoms with Crippen molar-refractivity contribution >= 4 is 0 Å². The monoisotopic (exact) mass is 553 g/mol. The summed E-state index contributed by atoms with van der Waals surface area (Å²) in [5, 5.41) is 36.9. The van der Waals surface area contributed by atoms with Crippen molar-refractivity contribution in [3.05, 3.63) is 90.8 Å². The molecule has 1 saturated carbocycles. The van der Waals surface area contributed by atoms with E-state index in [0.717, 1.165) is 24.5 Å². The van der Waals surface area contributed by atoms with Gasteiger partial charge in [0.15, 0.2) is 0 Å². The second-order valence-corrected chi connectivity index (χ2v) is 6.35. The number of pyridine rings is 2. The first-order valence-corrected chi connectivity index (χ1v) is 9.28. The molecule has 32 heavy (non-hydrogen) atoms. The Hall–Kier alpha value is -2.50. The molecule has 0 spiro atoms. The van der Waals surface area contributed by atoms with Crippen molar-refractivity contribution in [2.75, 3.05) is 0 Å². The molecular weight excluding hydrogens is 525 g/mol. The Labute approximate surface area is 205 Å². The van der Waals surface area contributed by atoms with Crippen LogP contribution in [-0.4, -0.2) is 32.2 Å². The van der Waals surface area contributed by atoms with E-state index in [1.165, 1.54) is 25.7 Å². The molecule has 1 aliphatic carbocycles. The van der Waals surface area contributed by atoms with E-state index in [2.05, 4.69) is 32.7 Å². The normalized spacial score (nSPS) is 16.4. The van der Waals surface area contributed by atoms with Gasteiger partial charge in [0.25, 0.3) is 0 Å². The van der Waals surface area contributed by atoms with Crippen LogP contribution in [-0.2, 0) is 45.9 Å². The van der Waals surface area contributed by atoms with Gasteiger partial charge in [0.05, 0.1) is 21.6 Å². The third kappa shape index (κ3) is 16.2. The molecule has 5 N–H and O–H groups in total. The van der Waals surface area contributed by atoms with Gasteiger partial charge in [0.2, 0.25) is 0 Å². The van der Waals surface area contributed by atoms with Crippen molar-refractivity contribution < 1.29 is 42.9 Å². The molecule has 2 atom stereocenters. The summed E-state index contributed by atoms with van der Waals surface area (Å²) in [7, 11) is 0. The molecule has 13 nitrogen and oxygen atoms in total. The molecule has 0 saturated heterocycles. The second kappa shape index (κ2) is 19.2. The Balaban J connectivity index is 0. The number of nitrogens with zero attached hydrogens (tertiary/aromatic N) is 4. The third-order valence-corrected chi connectivity index (χ3v) is 4.31. The first-order chi connectivity index (χ1) is 14.4. The molecule has 0 aliphatic heterocycles. The van der Waals surface area contributed by atoms with Crippen molar-refractivity contribution in [3.63, 3.8) is 0 Å². The Morgan fingerprint density at radius 2 is 1.12 bits per heavy atom. The summed E-state index contributed by atoms with van der Waals surface area (Å²) in [5.41, 5.74) is 2.22. The Morgan fingerprint density at radius 3 is 1.41 bits per heavy atom. The van der Waals surface area contributed by atoms with Crippen molar-refractivity contribution in [2.45, 2.75) is 50.9 Å². The average molecular weight is 552 g/mol. The van der Waals surface area contributed by atoms with Gasteiger partial charge in [0, 0.05) is 37.6 Å². The maximum Gasteiger partial charge on any atom is 2.00 e. The fourth-order valence-electron chi connectivity index (χ4n) is 3.10. The van der Waals surface area contributed by atoms with Crippen molar-refractivity contribution in [1.29, 1.82) is 0 Å². The van der Waals surface area contributed by atoms with Crippen LogP contribution >= 0.6 is 0 Å². The largest absolute Gasteiger partial charge is 2.00 e. The zero-order valence-electron chi connectivity index (χ0n) is 17.5. The molecule has 0 bridgehead atoms. The van der Waals surface area contributed by atoms with E-state index in [9.17, 15) is 0 Å². The number of rotatable bonds is 6. The first kappa shape index (κ1) is 31.7. The second-order valence-electron chi connectivity index (χ2n) is 6.35. The van der Waals surface area contributed by atoms with E-state index < -0.39 is 10.2 Å². The minimum atomic E-state index is -1.75. The van der Waals surface area contributed by atoms with Crippen LogP contribution in [0.1, 0.15) is 37.1 Å². The minimum Gasteiger partial charge on any atom is -0.457 e. The smallest absolute Gasteiger partial charge is 0.457 e. The summed E-state index contributed by atoms with van der Waals surface area (Å²) >= 11 is 0. The molecule has 2 aromatic rings. The predicted molar refractivity (Wildman–Crippen MR) is 114 cm³/mol. The Morgan fingerprint density at radius 1 is 0.781 bits per heavy atom. The van der Waals surface area contributed by atoms with E-state index in [4.69, 9.17) is 30.6 Å². The van der Waals surface area contributed by atoms with Gasteiger partial charge in [-0.25, -0.2) is 0 Å². The maximum atomic E-state index is 8.25. The van der Waals surface area contributed by atoms with Crippen molar-refractivity contribution in [2.24, 2.45) is 0 Å². The zero-order valence-corrected chi connectivity index (χ0v) is 21.6. The Bertz CT molecular complexity index is 674. The summed E-state index contributed by atoms with van der Waals surface area (Å²) in [6.45, 7) is 1.68. The van der Waals surface area contributed by atoms with E-state index in [-0.39, 0.29) is 32.8 Å². The summed E-state index contributed by atoms with van der Waals surface area (Å²) in [4.78, 5) is 25.3. The van der Waals surface area contributed by atoms with Gasteiger partial charge in [-0.15, -0.1) is 0 Å². The molecule has 14 heteroatoms. The van der Waals surface area contributed by atoms with Crippen molar-refractivity contribution in [1.82, 2.24) is 20.6 Å². The summed E-state index contributed by atoms with van der Waals surface area (Å²) in [6.07, 6.45) is 8.78. The molecule has 2 heterocycles. The van der Waals surface area contributed by atoms with Gasteiger partial charge in [-0.2, -0.15) is 0 Å². The van der Waals surface area contributed by atoms with Gasteiger partial charge >= 0.3 is 27.3 Å². The number of hydrogen-bond donors (Lipinski definition) is 2. The number of aromatic nitrogens is 2. The van der Waals surface area contributed by atoms with Crippen LogP contribution in [0.25, 0.3) is 0 Å². The van der Waals surface area contributed by atoms with Gasteiger partial charge < -0.3 is 46.8 Å². The SMILES string of the molecule is O=[N+]([O-])[O-].O=[N+]([O-])[O-].[Cd+2].[OH3+].c1ccc(CN[C@@H]2CCCC[C@H]2NCc2ccccn2)nc1. The van der Waals surface area contributed by atoms with E-state index >= 15 is 0 Å². The van der Waals surface area contributed by atoms with Crippen LogP contribution in [0.2, 0.25) is 0 Å². The number of nitrogens with one attached hydrogen (secondary N) is 2. The van der Waals surface area contributed by atoms with Crippen LogP contribution < -0.4 is 10.6 Å². The molecule has 3 rings (SSSR count). The molecule has 0 unspecified atom stereocenters. The first-order valence-electron chi connectivity index (χ1n) is 9.28. The standard InChI is InChI=1S/C18H24N4.Cd.2NO3.H2O/c1-2-10-18(22-14-16-8-4-6-12-20-16)17(9-1)21-13-15-7-3-5-11-19-15;;2*2-1(3)4;/h3-8,11-12,17-18,21-22H,1-2,9-10,13-14H2;;;;1H2/q;+2;2*-1;/p+1/t17-,18-;;;;/m1..../s1. The van der Waals surface area contributed by atoms with E-state index in [1.807, 2.05) is 36.7 Å². The van der Waals surface area contributed by atoms with Gasteiger partial charge in [0.1, 0.15) is 0 Å². The van der Waals surface area contributed by atoms with E-state index in [1.54, 1.807) is 0 Å². The summed E-state index contributed by atoms with van der Waals surface area (Å²) in [6, 6.07) is 13.2. The molecule has 1 fully saturated rings. The number of hydrogen-bond acceptors (Lipinski definition) is 10. The van der Waals surface area contributed by atoms with Crippen molar-refractivity contribution in [3.8, 4) is 0 Å². The van der Waals surface area contributed by atoms with Gasteiger partial charge in [-0.1, -0.05) is 25.0 Å². The van der Waals surface area contributed by atoms with Crippen LogP contribution in [0.3, 0.4) is 0 Å². The summed E-state index contributed by atoms with van der Waals surface area (Å²) in [5.74, 6) is 0. The third-order valence-electron chi connectivity index (χ3n) is 4.31. The molecular formula is C18H27CdN6O7+. The van der Waals surface area contributed by atoms with E-state index in [0.29, 0.717) is 12.1 Å². The van der Waals surface area contributed by atoms with Crippen LogP contribution in [0.4, 0.5) is 0 Å². The molecule has 2 aromatic heterocycles. The van der Waals surface area contributed by atoms with Crippen LogP contribution in [0.5, 0.6) is 0 Å². The maximum absolute atomic E-state index is 8.25. The molecule has 172 valence electrons. The fraction of sp³-hybridized carbons (Fsp3) is 0.444.